The number of aliphatic hydroxyl groups is 1. The van der Waals surface area contributed by atoms with Gasteiger partial charge in [-0.1, -0.05) is 36.6 Å². The van der Waals surface area contributed by atoms with E-state index in [2.05, 4.69) is 0 Å². The van der Waals surface area contributed by atoms with E-state index in [0.717, 1.165) is 29.3 Å². The Bertz CT molecular complexity index is 338. The Balaban J connectivity index is 1.87. The summed E-state index contributed by atoms with van der Waals surface area (Å²) in [5, 5.41) is 11.0. The first-order valence-electron chi connectivity index (χ1n) is 6.02. The average Bonchev–Trinajstić information content (AvgIpc) is 3.02. The fraction of sp³-hybridized carbons (Fsp3) is 0.571. The minimum atomic E-state index is -0.573. The molecule has 1 aliphatic carbocycles. The van der Waals surface area contributed by atoms with E-state index in [1.54, 1.807) is 0 Å². The number of rotatable bonds is 5. The van der Waals surface area contributed by atoms with Crippen molar-refractivity contribution in [1.29, 1.82) is 0 Å². The van der Waals surface area contributed by atoms with Gasteiger partial charge in [0, 0.05) is 11.4 Å². The first-order chi connectivity index (χ1) is 7.55. The van der Waals surface area contributed by atoms with Gasteiger partial charge in [-0.25, -0.2) is 0 Å². The molecular formula is C14H19ClO. The summed E-state index contributed by atoms with van der Waals surface area (Å²) < 4.78 is 0. The summed E-state index contributed by atoms with van der Waals surface area (Å²) in [5.74, 6) is 0.886. The second kappa shape index (κ2) is 4.77. The average molecular weight is 239 g/mol. The quantitative estimate of drug-likeness (QED) is 0.827. The van der Waals surface area contributed by atoms with Gasteiger partial charge >= 0.3 is 0 Å². The summed E-state index contributed by atoms with van der Waals surface area (Å²) in [6, 6.07) is 7.75. The molecule has 1 N–H and O–H groups in total. The van der Waals surface area contributed by atoms with Crippen molar-refractivity contribution in [3.05, 3.63) is 34.9 Å². The maximum absolute atomic E-state index is 10.3. The first kappa shape index (κ1) is 11.9. The van der Waals surface area contributed by atoms with E-state index in [1.807, 2.05) is 31.2 Å². The van der Waals surface area contributed by atoms with E-state index < -0.39 is 5.60 Å². The van der Waals surface area contributed by atoms with Crippen LogP contribution < -0.4 is 0 Å². The minimum absolute atomic E-state index is 0.573. The Labute approximate surface area is 102 Å². The van der Waals surface area contributed by atoms with E-state index in [9.17, 15) is 5.11 Å². The first-order valence-corrected chi connectivity index (χ1v) is 6.40. The topological polar surface area (TPSA) is 20.2 Å². The third-order valence-corrected chi connectivity index (χ3v) is 3.54. The molecule has 16 heavy (non-hydrogen) atoms. The highest BCUT2D eigenvalue weighted by Crippen LogP contribution is 2.36. The lowest BCUT2D eigenvalue weighted by atomic mass is 9.91. The highest BCUT2D eigenvalue weighted by Gasteiger charge is 2.27. The van der Waals surface area contributed by atoms with Crippen LogP contribution in [-0.4, -0.2) is 10.7 Å². The van der Waals surface area contributed by atoms with E-state index in [4.69, 9.17) is 11.6 Å². The van der Waals surface area contributed by atoms with Crippen LogP contribution in [0.15, 0.2) is 24.3 Å². The van der Waals surface area contributed by atoms with Gasteiger partial charge in [-0.3, -0.25) is 0 Å². The van der Waals surface area contributed by atoms with E-state index in [0.29, 0.717) is 0 Å². The van der Waals surface area contributed by atoms with Gasteiger partial charge in [0.25, 0.3) is 0 Å². The monoisotopic (exact) mass is 238 g/mol. The van der Waals surface area contributed by atoms with Crippen molar-refractivity contribution in [1.82, 2.24) is 0 Å². The molecule has 0 spiro atoms. The SMILES string of the molecule is CC(O)(CCC1CC1)Cc1ccc(Cl)cc1. The molecule has 1 aliphatic rings. The highest BCUT2D eigenvalue weighted by atomic mass is 35.5. The Hall–Kier alpha value is -0.530. The molecule has 2 rings (SSSR count). The third-order valence-electron chi connectivity index (χ3n) is 3.29. The van der Waals surface area contributed by atoms with E-state index in [1.165, 1.54) is 19.3 Å². The van der Waals surface area contributed by atoms with Gasteiger partial charge in [-0.2, -0.15) is 0 Å². The molecule has 0 saturated heterocycles. The van der Waals surface area contributed by atoms with Crippen molar-refractivity contribution >= 4 is 11.6 Å². The Morgan fingerprint density at radius 3 is 2.50 bits per heavy atom. The van der Waals surface area contributed by atoms with Crippen molar-refractivity contribution in [2.45, 2.75) is 44.6 Å². The largest absolute Gasteiger partial charge is 0.390 e. The fourth-order valence-electron chi connectivity index (χ4n) is 2.05. The van der Waals surface area contributed by atoms with Crippen molar-refractivity contribution in [2.75, 3.05) is 0 Å². The van der Waals surface area contributed by atoms with Crippen molar-refractivity contribution < 1.29 is 5.11 Å². The zero-order valence-electron chi connectivity index (χ0n) is 9.75. The second-order valence-corrected chi connectivity index (χ2v) is 5.72. The fourth-order valence-corrected chi connectivity index (χ4v) is 2.18. The lowest BCUT2D eigenvalue weighted by Crippen LogP contribution is -2.27. The van der Waals surface area contributed by atoms with Crippen molar-refractivity contribution in [2.24, 2.45) is 5.92 Å². The van der Waals surface area contributed by atoms with Gasteiger partial charge in [-0.05, 0) is 43.4 Å². The van der Waals surface area contributed by atoms with Gasteiger partial charge in [0.15, 0.2) is 0 Å². The smallest absolute Gasteiger partial charge is 0.0660 e. The van der Waals surface area contributed by atoms with Crippen LogP contribution in [0.3, 0.4) is 0 Å². The summed E-state index contributed by atoms with van der Waals surface area (Å²) in [5.41, 5.74) is 0.585. The molecule has 0 aliphatic heterocycles. The number of hydrogen-bond acceptors (Lipinski definition) is 1. The van der Waals surface area contributed by atoms with Crippen LogP contribution in [0.2, 0.25) is 5.02 Å². The number of halogens is 1. The van der Waals surface area contributed by atoms with Crippen LogP contribution in [0.5, 0.6) is 0 Å². The summed E-state index contributed by atoms with van der Waals surface area (Å²) in [6.07, 6.45) is 5.51. The van der Waals surface area contributed by atoms with Crippen LogP contribution in [0.4, 0.5) is 0 Å². The molecular weight excluding hydrogens is 220 g/mol. The van der Waals surface area contributed by atoms with Crippen LogP contribution in [-0.2, 0) is 6.42 Å². The normalized spacial score (nSPS) is 19.4. The molecule has 1 saturated carbocycles. The molecule has 1 nitrogen and oxygen atoms in total. The van der Waals surface area contributed by atoms with E-state index in [-0.39, 0.29) is 0 Å². The molecule has 0 heterocycles. The van der Waals surface area contributed by atoms with Crippen LogP contribution in [0.1, 0.15) is 38.2 Å². The molecule has 2 heteroatoms. The zero-order valence-corrected chi connectivity index (χ0v) is 10.5. The molecule has 1 fully saturated rings. The Kier molecular flexibility index (Phi) is 3.56. The zero-order chi connectivity index (χ0) is 11.6. The third kappa shape index (κ3) is 3.80. The predicted molar refractivity (Wildman–Crippen MR) is 67.7 cm³/mol. The van der Waals surface area contributed by atoms with Gasteiger partial charge < -0.3 is 5.11 Å². The predicted octanol–water partition coefficient (Wildman–Crippen LogP) is 3.82. The van der Waals surface area contributed by atoms with Crippen molar-refractivity contribution in [3.8, 4) is 0 Å². The van der Waals surface area contributed by atoms with Gasteiger partial charge in [0.1, 0.15) is 0 Å². The molecule has 0 amide bonds. The Morgan fingerprint density at radius 1 is 1.31 bits per heavy atom. The molecule has 0 aromatic heterocycles. The van der Waals surface area contributed by atoms with Gasteiger partial charge in [0.05, 0.1) is 5.60 Å². The molecule has 1 unspecified atom stereocenters. The standard InChI is InChI=1S/C14H19ClO/c1-14(16,9-8-11-2-3-11)10-12-4-6-13(15)7-5-12/h4-7,11,16H,2-3,8-10H2,1H3. The lowest BCUT2D eigenvalue weighted by molar-refractivity contribution is 0.0476. The van der Waals surface area contributed by atoms with E-state index >= 15 is 0 Å². The highest BCUT2D eigenvalue weighted by molar-refractivity contribution is 6.30. The Morgan fingerprint density at radius 2 is 1.94 bits per heavy atom. The maximum atomic E-state index is 10.3. The van der Waals surface area contributed by atoms with Crippen molar-refractivity contribution in [3.63, 3.8) is 0 Å². The number of benzene rings is 1. The van der Waals surface area contributed by atoms with Crippen LogP contribution in [0, 0.1) is 5.92 Å². The molecule has 1 atom stereocenters. The summed E-state index contributed by atoms with van der Waals surface area (Å²) in [6.45, 7) is 1.93. The molecule has 1 aromatic rings. The van der Waals surface area contributed by atoms with Crippen LogP contribution in [0.25, 0.3) is 0 Å². The van der Waals surface area contributed by atoms with Crippen LogP contribution >= 0.6 is 11.6 Å². The second-order valence-electron chi connectivity index (χ2n) is 5.28. The maximum Gasteiger partial charge on any atom is 0.0660 e. The summed E-state index contributed by atoms with van der Waals surface area (Å²) in [7, 11) is 0. The molecule has 1 aromatic carbocycles. The molecule has 0 radical (unpaired) electrons. The lowest BCUT2D eigenvalue weighted by Gasteiger charge is -2.23. The summed E-state index contributed by atoms with van der Waals surface area (Å²) in [4.78, 5) is 0. The van der Waals surface area contributed by atoms with Gasteiger partial charge in [-0.15, -0.1) is 0 Å². The molecule has 88 valence electrons. The number of hydrogen-bond donors (Lipinski definition) is 1. The summed E-state index contributed by atoms with van der Waals surface area (Å²) >= 11 is 5.83. The van der Waals surface area contributed by atoms with Gasteiger partial charge in [0.2, 0.25) is 0 Å². The molecule has 0 bridgehead atoms. The minimum Gasteiger partial charge on any atom is -0.390 e.